The number of nitrogens with two attached hydrogens (primary N) is 1. The van der Waals surface area contributed by atoms with Crippen LogP contribution < -0.4 is 16.6 Å². The molecule has 6 heteroatoms. The van der Waals surface area contributed by atoms with Gasteiger partial charge < -0.3 is 15.5 Å². The highest BCUT2D eigenvalue weighted by atomic mass is 16.5. The zero-order chi connectivity index (χ0) is 14.0. The minimum atomic E-state index is 0.102. The molecule has 1 saturated carbocycles. The molecular weight excluding hydrogens is 242 g/mol. The van der Waals surface area contributed by atoms with Crippen molar-refractivity contribution in [2.24, 2.45) is 11.3 Å². The lowest BCUT2D eigenvalue weighted by atomic mass is 9.64. The number of ether oxygens (including phenoxy) is 1. The van der Waals surface area contributed by atoms with Crippen LogP contribution >= 0.6 is 0 Å². The molecule has 2 unspecified atom stereocenters. The van der Waals surface area contributed by atoms with E-state index in [0.717, 1.165) is 18.8 Å². The van der Waals surface area contributed by atoms with E-state index in [1.807, 2.05) is 19.9 Å². The molecule has 0 radical (unpaired) electrons. The summed E-state index contributed by atoms with van der Waals surface area (Å²) in [6.07, 6.45) is 1.31. The van der Waals surface area contributed by atoms with Crippen molar-refractivity contribution < 1.29 is 4.74 Å². The van der Waals surface area contributed by atoms with Crippen LogP contribution in [0.1, 0.15) is 33.0 Å². The second-order valence-electron chi connectivity index (χ2n) is 5.53. The third-order valence-corrected chi connectivity index (χ3v) is 3.85. The van der Waals surface area contributed by atoms with Crippen molar-refractivity contribution in [3.8, 4) is 0 Å². The van der Waals surface area contributed by atoms with E-state index in [9.17, 15) is 0 Å². The van der Waals surface area contributed by atoms with E-state index >= 15 is 0 Å². The van der Waals surface area contributed by atoms with Crippen LogP contribution in [-0.2, 0) is 4.74 Å². The van der Waals surface area contributed by atoms with Gasteiger partial charge in [-0.05, 0) is 20.3 Å². The van der Waals surface area contributed by atoms with Crippen molar-refractivity contribution in [1.29, 1.82) is 0 Å². The fourth-order valence-electron chi connectivity index (χ4n) is 2.51. The van der Waals surface area contributed by atoms with Crippen LogP contribution in [0.5, 0.6) is 0 Å². The normalized spacial score (nSPS) is 24.7. The highest BCUT2D eigenvalue weighted by Gasteiger charge is 2.49. The van der Waals surface area contributed by atoms with Gasteiger partial charge in [0.1, 0.15) is 17.5 Å². The number of hydrogen-bond donors (Lipinski definition) is 3. The molecular formula is C13H23N5O. The number of anilines is 2. The maximum absolute atomic E-state index is 5.72. The number of nitrogen functional groups attached to an aromatic ring is 1. The first-order valence-electron chi connectivity index (χ1n) is 6.67. The van der Waals surface area contributed by atoms with E-state index in [2.05, 4.69) is 34.6 Å². The first-order chi connectivity index (χ1) is 8.97. The molecule has 0 amide bonds. The molecule has 106 valence electrons. The molecule has 1 aromatic heterocycles. The van der Waals surface area contributed by atoms with Crippen LogP contribution in [0.15, 0.2) is 6.07 Å². The SMILES string of the molecule is CCOC1CC(Nc2cc(NN)nc(C)n2)C1(C)C. The summed E-state index contributed by atoms with van der Waals surface area (Å²) >= 11 is 0. The Morgan fingerprint density at radius 3 is 2.68 bits per heavy atom. The van der Waals surface area contributed by atoms with E-state index in [0.29, 0.717) is 23.8 Å². The zero-order valence-electron chi connectivity index (χ0n) is 12.0. The molecule has 19 heavy (non-hydrogen) atoms. The van der Waals surface area contributed by atoms with Gasteiger partial charge in [-0.25, -0.2) is 15.8 Å². The van der Waals surface area contributed by atoms with Crippen molar-refractivity contribution in [2.75, 3.05) is 17.3 Å². The van der Waals surface area contributed by atoms with Crippen molar-refractivity contribution >= 4 is 11.6 Å². The molecule has 4 N–H and O–H groups in total. The molecule has 0 saturated heterocycles. The van der Waals surface area contributed by atoms with Crippen molar-refractivity contribution in [2.45, 2.75) is 46.3 Å². The third kappa shape index (κ3) is 2.79. The van der Waals surface area contributed by atoms with Crippen molar-refractivity contribution in [3.63, 3.8) is 0 Å². The summed E-state index contributed by atoms with van der Waals surface area (Å²) in [5, 5.41) is 3.45. The Hall–Kier alpha value is -1.40. The van der Waals surface area contributed by atoms with E-state index in [-0.39, 0.29) is 5.41 Å². The molecule has 1 aromatic rings. The van der Waals surface area contributed by atoms with Crippen LogP contribution in [0.3, 0.4) is 0 Å². The lowest BCUT2D eigenvalue weighted by Crippen LogP contribution is -2.58. The molecule has 1 aliphatic carbocycles. The molecule has 6 nitrogen and oxygen atoms in total. The minimum absolute atomic E-state index is 0.102. The Morgan fingerprint density at radius 1 is 1.42 bits per heavy atom. The smallest absolute Gasteiger partial charge is 0.145 e. The third-order valence-electron chi connectivity index (χ3n) is 3.85. The summed E-state index contributed by atoms with van der Waals surface area (Å²) < 4.78 is 5.72. The van der Waals surface area contributed by atoms with Gasteiger partial charge in [-0.2, -0.15) is 0 Å². The van der Waals surface area contributed by atoms with Gasteiger partial charge in [-0.15, -0.1) is 0 Å². The van der Waals surface area contributed by atoms with Gasteiger partial charge in [0.05, 0.1) is 6.10 Å². The highest BCUT2D eigenvalue weighted by molar-refractivity contribution is 5.48. The Kier molecular flexibility index (Phi) is 3.91. The van der Waals surface area contributed by atoms with Gasteiger partial charge in [0.15, 0.2) is 0 Å². The summed E-state index contributed by atoms with van der Waals surface area (Å²) in [5.74, 6) is 7.50. The minimum Gasteiger partial charge on any atom is -0.378 e. The molecule has 0 bridgehead atoms. The van der Waals surface area contributed by atoms with Gasteiger partial charge in [-0.3, -0.25) is 0 Å². The van der Waals surface area contributed by atoms with Gasteiger partial charge in [0, 0.05) is 24.1 Å². The van der Waals surface area contributed by atoms with E-state index < -0.39 is 0 Å². The number of nitrogens with zero attached hydrogens (tertiary/aromatic N) is 2. The highest BCUT2D eigenvalue weighted by Crippen LogP contribution is 2.44. The lowest BCUT2D eigenvalue weighted by Gasteiger charge is -2.51. The summed E-state index contributed by atoms with van der Waals surface area (Å²) in [4.78, 5) is 8.55. The first-order valence-corrected chi connectivity index (χ1v) is 6.67. The average molecular weight is 265 g/mol. The van der Waals surface area contributed by atoms with Crippen molar-refractivity contribution in [3.05, 3.63) is 11.9 Å². The van der Waals surface area contributed by atoms with Crippen LogP contribution in [0.25, 0.3) is 0 Å². The van der Waals surface area contributed by atoms with Crippen LogP contribution in [0.4, 0.5) is 11.6 Å². The van der Waals surface area contributed by atoms with Crippen molar-refractivity contribution in [1.82, 2.24) is 9.97 Å². The Morgan fingerprint density at radius 2 is 2.11 bits per heavy atom. The molecule has 2 atom stereocenters. The fraction of sp³-hybridized carbons (Fsp3) is 0.692. The van der Waals surface area contributed by atoms with Crippen LogP contribution in [-0.4, -0.2) is 28.7 Å². The number of aryl methyl sites for hydroxylation is 1. The topological polar surface area (TPSA) is 85.1 Å². The molecule has 0 aliphatic heterocycles. The zero-order valence-corrected chi connectivity index (χ0v) is 12.0. The maximum atomic E-state index is 5.72. The first kappa shape index (κ1) is 14.0. The molecule has 1 fully saturated rings. The summed E-state index contributed by atoms with van der Waals surface area (Å²) in [7, 11) is 0. The summed E-state index contributed by atoms with van der Waals surface area (Å²) in [5.41, 5.74) is 2.65. The number of nitrogens with one attached hydrogen (secondary N) is 2. The lowest BCUT2D eigenvalue weighted by molar-refractivity contribution is -0.0976. The second kappa shape index (κ2) is 5.30. The molecule has 0 aromatic carbocycles. The van der Waals surface area contributed by atoms with E-state index in [4.69, 9.17) is 10.6 Å². The molecule has 1 aliphatic rings. The van der Waals surface area contributed by atoms with Crippen LogP contribution in [0.2, 0.25) is 0 Å². The number of hydrazine groups is 1. The Labute approximate surface area is 114 Å². The second-order valence-corrected chi connectivity index (χ2v) is 5.53. The predicted molar refractivity (Wildman–Crippen MR) is 75.8 cm³/mol. The van der Waals surface area contributed by atoms with E-state index in [1.165, 1.54) is 0 Å². The Bertz CT molecular complexity index is 449. The number of aromatic nitrogens is 2. The predicted octanol–water partition coefficient (Wildman–Crippen LogP) is 1.69. The quantitative estimate of drug-likeness (QED) is 0.555. The standard InChI is InChI=1S/C13H23N5O/c1-5-19-10-6-9(13(10,3)4)17-11-7-12(18-14)16-8(2)15-11/h7,9-10H,5-6,14H2,1-4H3,(H2,15,16,17,18). The summed E-state index contributed by atoms with van der Waals surface area (Å²) in [6.45, 7) is 9.06. The number of rotatable bonds is 5. The van der Waals surface area contributed by atoms with Gasteiger partial charge >= 0.3 is 0 Å². The average Bonchev–Trinajstić information content (AvgIpc) is 2.37. The Balaban J connectivity index is 2.05. The molecule has 0 spiro atoms. The van der Waals surface area contributed by atoms with E-state index in [1.54, 1.807) is 0 Å². The molecule has 2 rings (SSSR count). The van der Waals surface area contributed by atoms with Crippen LogP contribution in [0, 0.1) is 12.3 Å². The molecule has 1 heterocycles. The number of hydrogen-bond acceptors (Lipinski definition) is 6. The largest absolute Gasteiger partial charge is 0.378 e. The summed E-state index contributed by atoms with van der Waals surface area (Å²) in [6, 6.07) is 2.17. The van der Waals surface area contributed by atoms with Gasteiger partial charge in [0.2, 0.25) is 0 Å². The monoisotopic (exact) mass is 265 g/mol. The van der Waals surface area contributed by atoms with Gasteiger partial charge in [-0.1, -0.05) is 13.8 Å². The van der Waals surface area contributed by atoms with Gasteiger partial charge in [0.25, 0.3) is 0 Å². The fourth-order valence-corrected chi connectivity index (χ4v) is 2.51. The maximum Gasteiger partial charge on any atom is 0.145 e.